The minimum absolute atomic E-state index is 0.560. The van der Waals surface area contributed by atoms with E-state index in [-0.39, 0.29) is 0 Å². The molecule has 1 aromatic heterocycles. The molecule has 1 aromatic carbocycles. The lowest BCUT2D eigenvalue weighted by atomic mass is 9.98. The van der Waals surface area contributed by atoms with E-state index in [0.29, 0.717) is 17.1 Å². The summed E-state index contributed by atoms with van der Waals surface area (Å²) in [6, 6.07) is 9.64. The summed E-state index contributed by atoms with van der Waals surface area (Å²) in [6.45, 7) is 0. The smallest absolute Gasteiger partial charge is 0.159 e. The van der Waals surface area contributed by atoms with Crippen LogP contribution in [-0.2, 0) is 0 Å². The molecule has 4 nitrogen and oxygen atoms in total. The molecule has 0 radical (unpaired) electrons. The highest BCUT2D eigenvalue weighted by Crippen LogP contribution is 2.27. The molecule has 0 fully saturated rings. The highest BCUT2D eigenvalue weighted by atomic mass is 16.3. The van der Waals surface area contributed by atoms with E-state index < -0.39 is 12.2 Å². The third-order valence-electron chi connectivity index (χ3n) is 2.97. The second kappa shape index (κ2) is 4.33. The van der Waals surface area contributed by atoms with Crippen LogP contribution in [-0.4, -0.2) is 26.3 Å². The molecule has 18 heavy (non-hydrogen) atoms. The second-order valence-corrected chi connectivity index (χ2v) is 4.19. The van der Waals surface area contributed by atoms with Gasteiger partial charge in [-0.3, -0.25) is 0 Å². The zero-order valence-corrected chi connectivity index (χ0v) is 9.56. The standard InChI is InChI=1S/C14H12N2O2/c17-12-7-6-11-10(13(12)18)8-15-14(16-11)9-4-2-1-3-5-9/h1-8,12-13,17-18H/t12-,13+/m0/s1. The Labute approximate surface area is 104 Å². The van der Waals surface area contributed by atoms with Crippen molar-refractivity contribution >= 4 is 6.08 Å². The molecule has 1 aliphatic carbocycles. The Morgan fingerprint density at radius 2 is 1.83 bits per heavy atom. The molecule has 0 aliphatic heterocycles. The lowest BCUT2D eigenvalue weighted by molar-refractivity contribution is 0.0464. The van der Waals surface area contributed by atoms with Crippen LogP contribution in [0.15, 0.2) is 42.6 Å². The van der Waals surface area contributed by atoms with Crippen LogP contribution in [0.4, 0.5) is 0 Å². The van der Waals surface area contributed by atoms with E-state index >= 15 is 0 Å². The van der Waals surface area contributed by atoms with Crippen LogP contribution in [0.1, 0.15) is 17.4 Å². The number of fused-ring (bicyclic) bond motifs is 1. The SMILES string of the molecule is O[C@@H]1c2cnc(-c3ccccc3)nc2C=C[C@@H]1O. The largest absolute Gasteiger partial charge is 0.386 e. The van der Waals surface area contributed by atoms with Crippen molar-refractivity contribution in [3.8, 4) is 11.4 Å². The number of aromatic nitrogens is 2. The van der Waals surface area contributed by atoms with E-state index in [1.807, 2.05) is 30.3 Å². The maximum absolute atomic E-state index is 9.81. The van der Waals surface area contributed by atoms with Gasteiger partial charge in [-0.05, 0) is 6.08 Å². The Hall–Kier alpha value is -2.04. The van der Waals surface area contributed by atoms with Gasteiger partial charge in [-0.2, -0.15) is 0 Å². The Morgan fingerprint density at radius 1 is 1.06 bits per heavy atom. The lowest BCUT2D eigenvalue weighted by Gasteiger charge is -2.20. The van der Waals surface area contributed by atoms with Crippen LogP contribution in [0.5, 0.6) is 0 Å². The zero-order valence-electron chi connectivity index (χ0n) is 9.56. The molecule has 2 atom stereocenters. The Kier molecular flexibility index (Phi) is 2.66. The first-order valence-electron chi connectivity index (χ1n) is 5.72. The number of aliphatic hydroxyl groups excluding tert-OH is 2. The zero-order chi connectivity index (χ0) is 12.5. The topological polar surface area (TPSA) is 66.2 Å². The third-order valence-corrected chi connectivity index (χ3v) is 2.97. The Bertz CT molecular complexity index is 596. The van der Waals surface area contributed by atoms with Gasteiger partial charge in [0, 0.05) is 17.3 Å². The van der Waals surface area contributed by atoms with Gasteiger partial charge in [0.15, 0.2) is 5.82 Å². The summed E-state index contributed by atoms with van der Waals surface area (Å²) in [5.41, 5.74) is 2.14. The number of rotatable bonds is 1. The number of benzene rings is 1. The van der Waals surface area contributed by atoms with Gasteiger partial charge in [-0.1, -0.05) is 36.4 Å². The minimum atomic E-state index is -0.949. The van der Waals surface area contributed by atoms with Crippen molar-refractivity contribution in [3.63, 3.8) is 0 Å². The van der Waals surface area contributed by atoms with Gasteiger partial charge in [-0.15, -0.1) is 0 Å². The third kappa shape index (κ3) is 1.81. The predicted molar refractivity (Wildman–Crippen MR) is 67.5 cm³/mol. The molecule has 0 saturated heterocycles. The maximum atomic E-state index is 9.81. The van der Waals surface area contributed by atoms with E-state index in [0.717, 1.165) is 5.56 Å². The molecule has 2 aromatic rings. The summed E-state index contributed by atoms with van der Waals surface area (Å²) in [5.74, 6) is 0.614. The first kappa shape index (κ1) is 11.1. The summed E-state index contributed by atoms with van der Waals surface area (Å²) >= 11 is 0. The molecule has 0 saturated carbocycles. The fraction of sp³-hybridized carbons (Fsp3) is 0.143. The summed E-state index contributed by atoms with van der Waals surface area (Å²) < 4.78 is 0. The summed E-state index contributed by atoms with van der Waals surface area (Å²) in [4.78, 5) is 8.63. The molecule has 3 rings (SSSR count). The van der Waals surface area contributed by atoms with Gasteiger partial charge in [0.25, 0.3) is 0 Å². The van der Waals surface area contributed by atoms with Gasteiger partial charge in [0.1, 0.15) is 12.2 Å². The second-order valence-electron chi connectivity index (χ2n) is 4.19. The fourth-order valence-corrected chi connectivity index (χ4v) is 1.97. The van der Waals surface area contributed by atoms with Crippen molar-refractivity contribution in [3.05, 3.63) is 53.9 Å². The fourth-order valence-electron chi connectivity index (χ4n) is 1.97. The highest BCUT2D eigenvalue weighted by molar-refractivity contribution is 5.60. The van der Waals surface area contributed by atoms with Crippen LogP contribution in [0.2, 0.25) is 0 Å². The van der Waals surface area contributed by atoms with Gasteiger partial charge < -0.3 is 10.2 Å². The predicted octanol–water partition coefficient (Wildman–Crippen LogP) is 1.56. The van der Waals surface area contributed by atoms with Crippen LogP contribution >= 0.6 is 0 Å². The van der Waals surface area contributed by atoms with Crippen molar-refractivity contribution in [2.75, 3.05) is 0 Å². The minimum Gasteiger partial charge on any atom is -0.386 e. The molecule has 1 heterocycles. The number of hydrogen-bond donors (Lipinski definition) is 2. The van der Waals surface area contributed by atoms with Crippen molar-refractivity contribution in [2.24, 2.45) is 0 Å². The lowest BCUT2D eigenvalue weighted by Crippen LogP contribution is -2.20. The van der Waals surface area contributed by atoms with Crippen LogP contribution in [0.25, 0.3) is 17.5 Å². The summed E-state index contributed by atoms with van der Waals surface area (Å²) in [6.07, 6.45) is 2.98. The molecule has 90 valence electrons. The van der Waals surface area contributed by atoms with Gasteiger partial charge >= 0.3 is 0 Å². The molecular weight excluding hydrogens is 228 g/mol. The quantitative estimate of drug-likeness (QED) is 0.794. The van der Waals surface area contributed by atoms with E-state index in [9.17, 15) is 10.2 Å². The van der Waals surface area contributed by atoms with E-state index in [1.54, 1.807) is 12.3 Å². The van der Waals surface area contributed by atoms with Gasteiger partial charge in [-0.25, -0.2) is 9.97 Å². The molecule has 0 unspecified atom stereocenters. The van der Waals surface area contributed by atoms with Crippen LogP contribution in [0.3, 0.4) is 0 Å². The summed E-state index contributed by atoms with van der Waals surface area (Å²) in [5, 5.41) is 19.3. The van der Waals surface area contributed by atoms with Crippen LogP contribution in [0, 0.1) is 0 Å². The van der Waals surface area contributed by atoms with E-state index in [4.69, 9.17) is 0 Å². The average molecular weight is 240 g/mol. The molecule has 0 amide bonds. The maximum Gasteiger partial charge on any atom is 0.159 e. The molecule has 2 N–H and O–H groups in total. The molecule has 0 spiro atoms. The van der Waals surface area contributed by atoms with Crippen molar-refractivity contribution in [2.45, 2.75) is 12.2 Å². The Balaban J connectivity index is 2.07. The van der Waals surface area contributed by atoms with Crippen molar-refractivity contribution in [1.82, 2.24) is 9.97 Å². The first-order valence-corrected chi connectivity index (χ1v) is 5.72. The van der Waals surface area contributed by atoms with Gasteiger partial charge in [0.05, 0.1) is 5.69 Å². The molecule has 1 aliphatic rings. The normalized spacial score (nSPS) is 21.7. The van der Waals surface area contributed by atoms with Crippen LogP contribution < -0.4 is 0 Å². The number of aliphatic hydroxyl groups is 2. The summed E-state index contributed by atoms with van der Waals surface area (Å²) in [7, 11) is 0. The van der Waals surface area contributed by atoms with Gasteiger partial charge in [0.2, 0.25) is 0 Å². The average Bonchev–Trinajstić information content (AvgIpc) is 2.44. The monoisotopic (exact) mass is 240 g/mol. The molecule has 4 heteroatoms. The van der Waals surface area contributed by atoms with E-state index in [2.05, 4.69) is 9.97 Å². The van der Waals surface area contributed by atoms with Crippen molar-refractivity contribution < 1.29 is 10.2 Å². The van der Waals surface area contributed by atoms with E-state index in [1.165, 1.54) is 6.08 Å². The molecule has 0 bridgehead atoms. The molecular formula is C14H12N2O2. The van der Waals surface area contributed by atoms with Crippen molar-refractivity contribution in [1.29, 1.82) is 0 Å². The highest BCUT2D eigenvalue weighted by Gasteiger charge is 2.23. The number of hydrogen-bond acceptors (Lipinski definition) is 4. The number of nitrogens with zero attached hydrogens (tertiary/aromatic N) is 2. The Morgan fingerprint density at radius 3 is 2.61 bits per heavy atom. The first-order chi connectivity index (χ1) is 8.75.